The van der Waals surface area contributed by atoms with Crippen molar-refractivity contribution in [2.75, 3.05) is 20.2 Å². The highest BCUT2D eigenvalue weighted by molar-refractivity contribution is 6.30. The Morgan fingerprint density at radius 1 is 1.14 bits per heavy atom. The van der Waals surface area contributed by atoms with Gasteiger partial charge in [0, 0.05) is 29.2 Å². The molecule has 0 aromatic heterocycles. The Kier molecular flexibility index (Phi) is 5.51. The summed E-state index contributed by atoms with van der Waals surface area (Å²) in [6.45, 7) is 1.29. The number of benzene rings is 2. The second-order valence-electron chi connectivity index (χ2n) is 4.95. The van der Waals surface area contributed by atoms with Gasteiger partial charge in [-0.3, -0.25) is 9.69 Å². The number of hydrogen-bond donors (Lipinski definition) is 1. The van der Waals surface area contributed by atoms with Gasteiger partial charge in [0.15, 0.2) is 5.78 Å². The first-order valence-electron chi connectivity index (χ1n) is 6.79. The van der Waals surface area contributed by atoms with Gasteiger partial charge in [0.2, 0.25) is 0 Å². The van der Waals surface area contributed by atoms with Gasteiger partial charge >= 0.3 is 0 Å². The largest absolute Gasteiger partial charge is 0.395 e. The van der Waals surface area contributed by atoms with Crippen LogP contribution in [0.25, 0.3) is 0 Å². The summed E-state index contributed by atoms with van der Waals surface area (Å²) in [5, 5.41) is 9.59. The van der Waals surface area contributed by atoms with Crippen LogP contribution < -0.4 is 0 Å². The molecule has 0 heterocycles. The van der Waals surface area contributed by atoms with Crippen LogP contribution in [0.5, 0.6) is 0 Å². The normalized spacial score (nSPS) is 10.9. The molecule has 21 heavy (non-hydrogen) atoms. The van der Waals surface area contributed by atoms with Crippen LogP contribution in [0.15, 0.2) is 48.5 Å². The molecule has 4 heteroatoms. The molecule has 0 radical (unpaired) electrons. The molecule has 0 spiro atoms. The molecule has 0 aliphatic heterocycles. The Morgan fingerprint density at radius 2 is 1.81 bits per heavy atom. The molecule has 0 saturated heterocycles. The highest BCUT2D eigenvalue weighted by atomic mass is 35.5. The SMILES string of the molecule is CN(CCO)Cc1ccccc1C(=O)c1ccc(Cl)cc1. The van der Waals surface area contributed by atoms with Crippen LogP contribution in [0.1, 0.15) is 21.5 Å². The predicted molar refractivity (Wildman–Crippen MR) is 84.7 cm³/mol. The van der Waals surface area contributed by atoms with E-state index < -0.39 is 0 Å². The van der Waals surface area contributed by atoms with Gasteiger partial charge < -0.3 is 5.11 Å². The third-order valence-corrected chi connectivity index (χ3v) is 3.54. The number of aliphatic hydroxyl groups excluding tert-OH is 1. The van der Waals surface area contributed by atoms with Crippen LogP contribution in [0.3, 0.4) is 0 Å². The fourth-order valence-corrected chi connectivity index (χ4v) is 2.30. The first-order valence-corrected chi connectivity index (χ1v) is 7.17. The van der Waals surface area contributed by atoms with E-state index in [9.17, 15) is 4.79 Å². The van der Waals surface area contributed by atoms with Crippen molar-refractivity contribution in [1.82, 2.24) is 4.90 Å². The fraction of sp³-hybridized carbons (Fsp3) is 0.235. The number of carbonyl (C=O) groups is 1. The van der Waals surface area contributed by atoms with E-state index >= 15 is 0 Å². The summed E-state index contributed by atoms with van der Waals surface area (Å²) in [7, 11) is 1.92. The van der Waals surface area contributed by atoms with Gasteiger partial charge in [-0.2, -0.15) is 0 Å². The minimum atomic E-state index is -0.0142. The molecular weight excluding hydrogens is 286 g/mol. The molecule has 0 aliphatic carbocycles. The van der Waals surface area contributed by atoms with Crippen LogP contribution in [-0.4, -0.2) is 36.0 Å². The van der Waals surface area contributed by atoms with Crippen LogP contribution in [0, 0.1) is 0 Å². The molecule has 2 rings (SSSR count). The zero-order valence-electron chi connectivity index (χ0n) is 11.9. The third kappa shape index (κ3) is 4.14. The number of rotatable bonds is 6. The van der Waals surface area contributed by atoms with Gasteiger partial charge in [-0.1, -0.05) is 35.9 Å². The average molecular weight is 304 g/mol. The summed E-state index contributed by atoms with van der Waals surface area (Å²) in [6.07, 6.45) is 0. The lowest BCUT2D eigenvalue weighted by molar-refractivity contribution is 0.103. The second-order valence-corrected chi connectivity index (χ2v) is 5.39. The molecule has 1 N–H and O–H groups in total. The van der Waals surface area contributed by atoms with Crippen molar-refractivity contribution in [3.8, 4) is 0 Å². The molecule has 0 fully saturated rings. The van der Waals surface area contributed by atoms with Crippen LogP contribution in [-0.2, 0) is 6.54 Å². The van der Waals surface area contributed by atoms with Gasteiger partial charge in [0.05, 0.1) is 6.61 Å². The molecule has 110 valence electrons. The zero-order chi connectivity index (χ0) is 15.2. The molecule has 2 aromatic carbocycles. The van der Waals surface area contributed by atoms with Crippen LogP contribution in [0.2, 0.25) is 5.02 Å². The Hall–Kier alpha value is -1.68. The number of aliphatic hydroxyl groups is 1. The maximum atomic E-state index is 12.6. The average Bonchev–Trinajstić information content (AvgIpc) is 2.48. The minimum absolute atomic E-state index is 0.0142. The topological polar surface area (TPSA) is 40.5 Å². The summed E-state index contributed by atoms with van der Waals surface area (Å²) < 4.78 is 0. The molecule has 2 aromatic rings. The van der Waals surface area contributed by atoms with Crippen LogP contribution >= 0.6 is 11.6 Å². The number of nitrogens with zero attached hydrogens (tertiary/aromatic N) is 1. The summed E-state index contributed by atoms with van der Waals surface area (Å²) >= 11 is 5.86. The highest BCUT2D eigenvalue weighted by Crippen LogP contribution is 2.18. The second kappa shape index (κ2) is 7.36. The summed E-state index contributed by atoms with van der Waals surface area (Å²) in [6, 6.07) is 14.5. The van der Waals surface area contributed by atoms with Crippen molar-refractivity contribution in [2.45, 2.75) is 6.54 Å². The maximum absolute atomic E-state index is 12.6. The number of likely N-dealkylation sites (N-methyl/N-ethyl adjacent to an activating group) is 1. The Labute approximate surface area is 129 Å². The lowest BCUT2D eigenvalue weighted by Gasteiger charge is -2.17. The smallest absolute Gasteiger partial charge is 0.193 e. The number of hydrogen-bond acceptors (Lipinski definition) is 3. The molecule has 0 bridgehead atoms. The third-order valence-electron chi connectivity index (χ3n) is 3.29. The molecule has 0 atom stereocenters. The fourth-order valence-electron chi connectivity index (χ4n) is 2.18. The van der Waals surface area contributed by atoms with Gasteiger partial charge in [-0.15, -0.1) is 0 Å². The predicted octanol–water partition coefficient (Wildman–Crippen LogP) is 3.00. The summed E-state index contributed by atoms with van der Waals surface area (Å²) in [4.78, 5) is 14.6. The maximum Gasteiger partial charge on any atom is 0.193 e. The monoisotopic (exact) mass is 303 g/mol. The first kappa shape index (κ1) is 15.7. The number of ketones is 1. The van der Waals surface area contributed by atoms with Crippen molar-refractivity contribution in [3.63, 3.8) is 0 Å². The van der Waals surface area contributed by atoms with Crippen molar-refractivity contribution < 1.29 is 9.90 Å². The van der Waals surface area contributed by atoms with Gasteiger partial charge in [0.25, 0.3) is 0 Å². The van der Waals surface area contributed by atoms with Crippen molar-refractivity contribution >= 4 is 17.4 Å². The molecular formula is C17H18ClNO2. The Bertz CT molecular complexity index is 610. The van der Waals surface area contributed by atoms with Crippen molar-refractivity contribution in [3.05, 3.63) is 70.2 Å². The highest BCUT2D eigenvalue weighted by Gasteiger charge is 2.14. The first-order chi connectivity index (χ1) is 10.1. The van der Waals surface area contributed by atoms with Crippen molar-refractivity contribution in [1.29, 1.82) is 0 Å². The minimum Gasteiger partial charge on any atom is -0.395 e. The van der Waals surface area contributed by atoms with E-state index in [0.717, 1.165) is 5.56 Å². The van der Waals surface area contributed by atoms with Crippen molar-refractivity contribution in [2.24, 2.45) is 0 Å². The van der Waals surface area contributed by atoms with Gasteiger partial charge in [-0.25, -0.2) is 0 Å². The van der Waals surface area contributed by atoms with E-state index in [1.165, 1.54) is 0 Å². The number of halogens is 1. The van der Waals surface area contributed by atoms with E-state index in [4.69, 9.17) is 16.7 Å². The quantitative estimate of drug-likeness (QED) is 0.834. The number of carbonyl (C=O) groups excluding carboxylic acids is 1. The summed E-state index contributed by atoms with van der Waals surface area (Å²) in [5.41, 5.74) is 2.26. The lowest BCUT2D eigenvalue weighted by Crippen LogP contribution is -2.22. The Morgan fingerprint density at radius 3 is 2.48 bits per heavy atom. The van der Waals surface area contributed by atoms with E-state index in [0.29, 0.717) is 29.2 Å². The van der Waals surface area contributed by atoms with E-state index in [1.54, 1.807) is 24.3 Å². The summed E-state index contributed by atoms with van der Waals surface area (Å²) in [5.74, 6) is -0.0142. The lowest BCUT2D eigenvalue weighted by atomic mass is 9.98. The van der Waals surface area contributed by atoms with Gasteiger partial charge in [0.1, 0.15) is 0 Å². The van der Waals surface area contributed by atoms with E-state index in [-0.39, 0.29) is 12.4 Å². The zero-order valence-corrected chi connectivity index (χ0v) is 12.7. The molecule has 0 aliphatic rings. The van der Waals surface area contributed by atoms with Gasteiger partial charge in [-0.05, 0) is 36.9 Å². The molecule has 3 nitrogen and oxygen atoms in total. The molecule has 0 unspecified atom stereocenters. The standard InChI is InChI=1S/C17H18ClNO2/c1-19(10-11-20)12-14-4-2-3-5-16(14)17(21)13-6-8-15(18)9-7-13/h2-9,20H,10-12H2,1H3. The molecule has 0 amide bonds. The van der Waals surface area contributed by atoms with Crippen LogP contribution in [0.4, 0.5) is 0 Å². The molecule has 0 saturated carbocycles. The van der Waals surface area contributed by atoms with E-state index in [1.807, 2.05) is 36.2 Å². The Balaban J connectivity index is 2.26. The van der Waals surface area contributed by atoms with E-state index in [2.05, 4.69) is 0 Å².